The van der Waals surface area contributed by atoms with Crippen LogP contribution < -0.4 is 9.30 Å². The molecular weight excluding hydrogens is 673 g/mol. The van der Waals surface area contributed by atoms with Crippen LogP contribution in [0.4, 0.5) is 0 Å². The third-order valence-corrected chi connectivity index (χ3v) is 10.3. The predicted molar refractivity (Wildman–Crippen MR) is 226 cm³/mol. The maximum absolute atomic E-state index is 6.72. The average molecular weight is 723 g/mol. The summed E-state index contributed by atoms with van der Waals surface area (Å²) in [5.41, 5.74) is 9.91. The van der Waals surface area contributed by atoms with Crippen LogP contribution in [0.2, 0.25) is 0 Å². The molecule has 0 radical (unpaired) electrons. The summed E-state index contributed by atoms with van der Waals surface area (Å²) < 4.78 is 13.5. The highest BCUT2D eigenvalue weighted by molar-refractivity contribution is 6.09. The Morgan fingerprint density at radius 1 is 0.564 bits per heavy atom. The zero-order chi connectivity index (χ0) is 38.7. The fourth-order valence-electron chi connectivity index (χ4n) is 7.71. The van der Waals surface area contributed by atoms with Crippen molar-refractivity contribution in [3.8, 4) is 39.8 Å². The second kappa shape index (κ2) is 13.4. The van der Waals surface area contributed by atoms with Gasteiger partial charge in [-0.3, -0.25) is 13.7 Å². The lowest BCUT2D eigenvalue weighted by Crippen LogP contribution is -2.40. The van der Waals surface area contributed by atoms with Gasteiger partial charge in [0.15, 0.2) is 0 Å². The minimum Gasteiger partial charge on any atom is -0.458 e. The zero-order valence-electron chi connectivity index (χ0n) is 33.5. The van der Waals surface area contributed by atoms with Crippen LogP contribution in [0, 0.1) is 6.33 Å². The SMILES string of the molecule is CC(C)(C)c1ccnc(-n2c3ccccc3c3ccc(Oc4cccc(-n5[c-][n+](-c6cccc(-c7ccccc7)c6)c(C(C)(C)C)c5C(C)(C)C)c4)cc32)c1. The van der Waals surface area contributed by atoms with E-state index >= 15 is 0 Å². The highest BCUT2D eigenvalue weighted by Gasteiger charge is 2.34. The fourth-order valence-corrected chi connectivity index (χ4v) is 7.71. The van der Waals surface area contributed by atoms with Crippen molar-refractivity contribution in [2.75, 3.05) is 0 Å². The molecule has 0 amide bonds. The summed E-state index contributed by atoms with van der Waals surface area (Å²) in [5, 5.41) is 2.34. The minimum absolute atomic E-state index is 0.00114. The summed E-state index contributed by atoms with van der Waals surface area (Å²) in [6.45, 7) is 20.4. The second-order valence-electron chi connectivity index (χ2n) is 17.7. The molecule has 3 heterocycles. The molecule has 0 saturated carbocycles. The van der Waals surface area contributed by atoms with Crippen LogP contribution in [-0.4, -0.2) is 14.1 Å². The predicted octanol–water partition coefficient (Wildman–Crippen LogP) is 12.4. The van der Waals surface area contributed by atoms with Gasteiger partial charge in [0.25, 0.3) is 6.33 Å². The molecule has 0 N–H and O–H groups in total. The molecule has 0 bridgehead atoms. The number of imidazole rings is 1. The quantitative estimate of drug-likeness (QED) is 0.127. The van der Waals surface area contributed by atoms with Crippen molar-refractivity contribution < 1.29 is 9.30 Å². The summed E-state index contributed by atoms with van der Waals surface area (Å²) >= 11 is 0. The van der Waals surface area contributed by atoms with Gasteiger partial charge in [0.1, 0.15) is 17.3 Å². The van der Waals surface area contributed by atoms with Crippen molar-refractivity contribution in [3.63, 3.8) is 0 Å². The smallest absolute Gasteiger partial charge is 0.269 e. The van der Waals surface area contributed by atoms with E-state index in [-0.39, 0.29) is 16.2 Å². The number of aromatic nitrogens is 4. The summed E-state index contributed by atoms with van der Waals surface area (Å²) in [7, 11) is 0. The normalized spacial score (nSPS) is 12.5. The number of nitrogens with zero attached hydrogens (tertiary/aromatic N) is 4. The van der Waals surface area contributed by atoms with E-state index < -0.39 is 0 Å². The number of hydrogen-bond donors (Lipinski definition) is 0. The van der Waals surface area contributed by atoms with Gasteiger partial charge in [0.05, 0.1) is 33.8 Å². The molecule has 0 saturated heterocycles. The number of ether oxygens (including phenoxy) is 1. The van der Waals surface area contributed by atoms with E-state index in [9.17, 15) is 0 Å². The van der Waals surface area contributed by atoms with Gasteiger partial charge < -0.3 is 4.74 Å². The maximum Gasteiger partial charge on any atom is 0.269 e. The molecule has 0 unspecified atom stereocenters. The first-order valence-electron chi connectivity index (χ1n) is 19.2. The molecule has 0 aliphatic heterocycles. The molecular formula is C50H50N4O. The molecule has 8 rings (SSSR count). The first-order valence-corrected chi connectivity index (χ1v) is 19.2. The van der Waals surface area contributed by atoms with Gasteiger partial charge in [-0.15, -0.1) is 0 Å². The Labute approximate surface area is 325 Å². The van der Waals surface area contributed by atoms with Crippen molar-refractivity contribution in [1.29, 1.82) is 0 Å². The van der Waals surface area contributed by atoms with Crippen LogP contribution in [0.25, 0.3) is 50.1 Å². The maximum atomic E-state index is 6.72. The van der Waals surface area contributed by atoms with Crippen molar-refractivity contribution in [1.82, 2.24) is 14.1 Å². The number of rotatable bonds is 6. The van der Waals surface area contributed by atoms with Gasteiger partial charge in [-0.1, -0.05) is 129 Å². The second-order valence-corrected chi connectivity index (χ2v) is 17.7. The van der Waals surface area contributed by atoms with Crippen LogP contribution in [0.1, 0.15) is 79.3 Å². The van der Waals surface area contributed by atoms with E-state index in [1.165, 1.54) is 33.5 Å². The van der Waals surface area contributed by atoms with Gasteiger partial charge in [0.2, 0.25) is 0 Å². The third kappa shape index (κ3) is 6.84. The molecule has 3 aromatic heterocycles. The Morgan fingerprint density at radius 3 is 2.00 bits per heavy atom. The lowest BCUT2D eigenvalue weighted by molar-refractivity contribution is -0.611. The van der Waals surface area contributed by atoms with E-state index in [1.807, 2.05) is 12.3 Å². The molecule has 0 aliphatic carbocycles. The molecule has 0 spiro atoms. The molecule has 0 fully saturated rings. The summed E-state index contributed by atoms with van der Waals surface area (Å²) in [6.07, 6.45) is 5.73. The molecule has 5 aromatic carbocycles. The molecule has 276 valence electrons. The molecule has 5 nitrogen and oxygen atoms in total. The largest absolute Gasteiger partial charge is 0.458 e. The van der Waals surface area contributed by atoms with Crippen LogP contribution in [-0.2, 0) is 16.2 Å². The highest BCUT2D eigenvalue weighted by atomic mass is 16.5. The van der Waals surface area contributed by atoms with Gasteiger partial charge in [-0.25, -0.2) is 4.98 Å². The minimum atomic E-state index is -0.185. The highest BCUT2D eigenvalue weighted by Crippen LogP contribution is 2.38. The molecule has 5 heteroatoms. The standard InChI is InChI=1S/C50H50N4O/c1-48(2,3)36-27-28-51-45(30-36)54-43-24-14-13-23-41(43)42-26-25-40(32-44(42)54)55-39-22-16-21-38(31-39)53-33-52(46(49(4,5)6)47(53)50(7,8)9)37-20-15-19-35(29-37)34-17-11-10-12-18-34/h10-32H,1-9H3. The number of para-hydroxylation sites is 1. The van der Waals surface area contributed by atoms with Crippen LogP contribution >= 0.6 is 0 Å². The summed E-state index contributed by atoms with van der Waals surface area (Å²) in [4.78, 5) is 4.86. The lowest BCUT2D eigenvalue weighted by atomic mass is 9.81. The van der Waals surface area contributed by atoms with Crippen LogP contribution in [0.3, 0.4) is 0 Å². The van der Waals surface area contributed by atoms with Crippen LogP contribution in [0.15, 0.2) is 140 Å². The summed E-state index contributed by atoms with van der Waals surface area (Å²) in [6, 6.07) is 46.9. The molecule has 8 aromatic rings. The van der Waals surface area contributed by atoms with E-state index in [4.69, 9.17) is 9.72 Å². The van der Waals surface area contributed by atoms with E-state index in [0.29, 0.717) is 0 Å². The van der Waals surface area contributed by atoms with Crippen molar-refractivity contribution in [2.45, 2.75) is 78.6 Å². The Morgan fingerprint density at radius 2 is 1.25 bits per heavy atom. The van der Waals surface area contributed by atoms with Gasteiger partial charge in [-0.05, 0) is 93.6 Å². The topological polar surface area (TPSA) is 35.9 Å². The monoisotopic (exact) mass is 722 g/mol. The molecule has 55 heavy (non-hydrogen) atoms. The van der Waals surface area contributed by atoms with Gasteiger partial charge in [-0.2, -0.15) is 0 Å². The van der Waals surface area contributed by atoms with Crippen molar-refractivity contribution in [3.05, 3.63) is 163 Å². The summed E-state index contributed by atoms with van der Waals surface area (Å²) in [5.74, 6) is 2.41. The van der Waals surface area contributed by atoms with Crippen molar-refractivity contribution >= 4 is 21.8 Å². The first kappa shape index (κ1) is 36.1. The Kier molecular flexibility index (Phi) is 8.80. The number of benzene rings is 5. The van der Waals surface area contributed by atoms with E-state index in [2.05, 4.69) is 210 Å². The first-order chi connectivity index (χ1) is 26.2. The lowest BCUT2D eigenvalue weighted by Gasteiger charge is -2.29. The van der Waals surface area contributed by atoms with E-state index in [1.54, 1.807) is 0 Å². The van der Waals surface area contributed by atoms with Crippen LogP contribution in [0.5, 0.6) is 11.5 Å². The average Bonchev–Trinajstić information content (AvgIpc) is 3.73. The van der Waals surface area contributed by atoms with Gasteiger partial charge in [0, 0.05) is 23.0 Å². The van der Waals surface area contributed by atoms with Crippen molar-refractivity contribution in [2.24, 2.45) is 0 Å². The Balaban J connectivity index is 1.23. The third-order valence-electron chi connectivity index (χ3n) is 10.3. The molecule has 0 atom stereocenters. The Hall–Kier alpha value is -5.94. The zero-order valence-corrected chi connectivity index (χ0v) is 33.5. The van der Waals surface area contributed by atoms with E-state index in [0.717, 1.165) is 45.1 Å². The number of pyridine rings is 1. The number of hydrogen-bond acceptors (Lipinski definition) is 2. The molecule has 0 aliphatic rings. The fraction of sp³-hybridized carbons (Fsp3) is 0.240. The Bertz CT molecular complexity index is 2680. The number of fused-ring (bicyclic) bond motifs is 3. The van der Waals surface area contributed by atoms with Gasteiger partial charge >= 0.3 is 0 Å².